The molecule has 1 aliphatic rings. The van der Waals surface area contributed by atoms with E-state index < -0.39 is 5.97 Å². The van der Waals surface area contributed by atoms with Crippen molar-refractivity contribution >= 4 is 29.5 Å². The maximum absolute atomic E-state index is 12.1. The topological polar surface area (TPSA) is 65.7 Å². The summed E-state index contributed by atoms with van der Waals surface area (Å²) in [6.07, 6.45) is 1.59. The first-order valence-corrected chi connectivity index (χ1v) is 7.82. The van der Waals surface area contributed by atoms with Crippen molar-refractivity contribution in [2.45, 2.75) is 13.8 Å². The molecule has 2 heterocycles. The number of hydrogen-bond donors (Lipinski definition) is 0. The van der Waals surface area contributed by atoms with Gasteiger partial charge in [-0.2, -0.15) is 5.10 Å². The highest BCUT2D eigenvalue weighted by atomic mass is 35.5. The van der Waals surface area contributed by atoms with E-state index in [2.05, 4.69) is 10.1 Å². The first-order chi connectivity index (χ1) is 11.5. The number of carbonyl (C=O) groups is 1. The standard InChI is InChI=1S/C17H16ClN3O3/c1-4-23-12-7-5-11(6-8-12)16-19-14(17(22)24-16)9-13-10(2)20-21(3)15(13)18/h5-9H,4H2,1-3H3/b14-9+. The van der Waals surface area contributed by atoms with E-state index in [0.717, 1.165) is 5.75 Å². The number of halogens is 1. The Morgan fingerprint density at radius 1 is 1.33 bits per heavy atom. The Hall–Kier alpha value is -2.60. The summed E-state index contributed by atoms with van der Waals surface area (Å²) < 4.78 is 12.2. The zero-order valence-corrected chi connectivity index (χ0v) is 14.3. The van der Waals surface area contributed by atoms with Crippen LogP contribution in [0.1, 0.15) is 23.7 Å². The zero-order chi connectivity index (χ0) is 17.3. The minimum atomic E-state index is -0.516. The molecule has 0 atom stereocenters. The van der Waals surface area contributed by atoms with Gasteiger partial charge in [-0.15, -0.1) is 0 Å². The van der Waals surface area contributed by atoms with Crippen molar-refractivity contribution in [3.8, 4) is 5.75 Å². The third-order valence-electron chi connectivity index (χ3n) is 3.51. The van der Waals surface area contributed by atoms with Gasteiger partial charge >= 0.3 is 5.97 Å². The number of benzene rings is 1. The van der Waals surface area contributed by atoms with Crippen LogP contribution in [-0.4, -0.2) is 28.3 Å². The predicted octanol–water partition coefficient (Wildman–Crippen LogP) is 3.13. The lowest BCUT2D eigenvalue weighted by Crippen LogP contribution is -2.05. The highest BCUT2D eigenvalue weighted by molar-refractivity contribution is 6.31. The van der Waals surface area contributed by atoms with E-state index in [4.69, 9.17) is 21.1 Å². The van der Waals surface area contributed by atoms with Gasteiger partial charge in [0.25, 0.3) is 0 Å². The molecule has 1 aliphatic heterocycles. The van der Waals surface area contributed by atoms with Crippen LogP contribution in [0.25, 0.3) is 6.08 Å². The molecular weight excluding hydrogens is 330 g/mol. The van der Waals surface area contributed by atoms with Crippen LogP contribution in [0.2, 0.25) is 5.15 Å². The van der Waals surface area contributed by atoms with Gasteiger partial charge < -0.3 is 9.47 Å². The third-order valence-corrected chi connectivity index (χ3v) is 3.96. The molecule has 1 aromatic carbocycles. The fraction of sp³-hybridized carbons (Fsp3) is 0.235. The summed E-state index contributed by atoms with van der Waals surface area (Å²) in [6, 6.07) is 7.20. The van der Waals surface area contributed by atoms with Gasteiger partial charge in [0.15, 0.2) is 5.70 Å². The summed E-state index contributed by atoms with van der Waals surface area (Å²) in [5.41, 5.74) is 2.26. The molecule has 0 N–H and O–H groups in total. The Bertz CT molecular complexity index is 851. The van der Waals surface area contributed by atoms with Crippen LogP contribution in [0, 0.1) is 6.92 Å². The van der Waals surface area contributed by atoms with Crippen LogP contribution in [0.5, 0.6) is 5.75 Å². The summed E-state index contributed by atoms with van der Waals surface area (Å²) in [6.45, 7) is 4.32. The number of carbonyl (C=O) groups excluding carboxylic acids is 1. The van der Waals surface area contributed by atoms with Gasteiger partial charge in [-0.1, -0.05) is 11.6 Å². The largest absolute Gasteiger partial charge is 0.494 e. The molecule has 3 rings (SSSR count). The van der Waals surface area contributed by atoms with E-state index in [1.165, 1.54) is 0 Å². The van der Waals surface area contributed by atoms with Gasteiger partial charge in [0.2, 0.25) is 5.90 Å². The Kier molecular flexibility index (Phi) is 4.40. The van der Waals surface area contributed by atoms with E-state index in [1.807, 2.05) is 13.8 Å². The van der Waals surface area contributed by atoms with Crippen molar-refractivity contribution in [2.75, 3.05) is 6.61 Å². The van der Waals surface area contributed by atoms with Crippen molar-refractivity contribution in [2.24, 2.45) is 12.0 Å². The second-order valence-electron chi connectivity index (χ2n) is 5.21. The van der Waals surface area contributed by atoms with Crippen molar-refractivity contribution in [1.82, 2.24) is 9.78 Å². The number of ether oxygens (including phenoxy) is 2. The lowest BCUT2D eigenvalue weighted by molar-refractivity contribution is -0.129. The van der Waals surface area contributed by atoms with E-state index >= 15 is 0 Å². The minimum Gasteiger partial charge on any atom is -0.494 e. The molecule has 24 heavy (non-hydrogen) atoms. The monoisotopic (exact) mass is 345 g/mol. The fourth-order valence-corrected chi connectivity index (χ4v) is 2.57. The number of nitrogens with zero attached hydrogens (tertiary/aromatic N) is 3. The van der Waals surface area contributed by atoms with Gasteiger partial charge in [0.05, 0.1) is 12.3 Å². The molecule has 0 bridgehead atoms. The first-order valence-electron chi connectivity index (χ1n) is 7.44. The highest BCUT2D eigenvalue weighted by Gasteiger charge is 2.25. The Morgan fingerprint density at radius 3 is 2.62 bits per heavy atom. The molecule has 0 fully saturated rings. The molecule has 0 saturated heterocycles. The normalized spacial score (nSPS) is 15.6. The smallest absolute Gasteiger partial charge is 0.363 e. The maximum atomic E-state index is 12.1. The van der Waals surface area contributed by atoms with E-state index in [0.29, 0.717) is 28.6 Å². The number of esters is 1. The maximum Gasteiger partial charge on any atom is 0.363 e. The molecule has 0 amide bonds. The quantitative estimate of drug-likeness (QED) is 0.630. The Balaban J connectivity index is 1.91. The SMILES string of the molecule is CCOc1ccc(C2=N/C(=C/c3c(C)nn(C)c3Cl)C(=O)O2)cc1. The summed E-state index contributed by atoms with van der Waals surface area (Å²) in [7, 11) is 1.74. The van der Waals surface area contributed by atoms with Crippen LogP contribution >= 0.6 is 11.6 Å². The van der Waals surface area contributed by atoms with Crippen molar-refractivity contribution in [3.05, 3.63) is 51.9 Å². The Labute approximate surface area is 144 Å². The van der Waals surface area contributed by atoms with Gasteiger partial charge in [-0.3, -0.25) is 4.68 Å². The third kappa shape index (κ3) is 3.05. The van der Waals surface area contributed by atoms with Gasteiger partial charge in [0.1, 0.15) is 10.9 Å². The molecule has 7 heteroatoms. The van der Waals surface area contributed by atoms with Gasteiger partial charge in [0, 0.05) is 18.2 Å². The number of hydrogen-bond acceptors (Lipinski definition) is 5. The average Bonchev–Trinajstić information content (AvgIpc) is 3.04. The molecule has 0 saturated carbocycles. The molecule has 0 aliphatic carbocycles. The average molecular weight is 346 g/mol. The molecule has 1 aromatic heterocycles. The van der Waals surface area contributed by atoms with Crippen LogP contribution in [0.15, 0.2) is 35.0 Å². The van der Waals surface area contributed by atoms with Crippen LogP contribution in [0.3, 0.4) is 0 Å². The van der Waals surface area contributed by atoms with Gasteiger partial charge in [-0.05, 0) is 44.2 Å². The minimum absolute atomic E-state index is 0.192. The van der Waals surface area contributed by atoms with Crippen LogP contribution < -0.4 is 4.74 Å². The summed E-state index contributed by atoms with van der Waals surface area (Å²) >= 11 is 6.18. The lowest BCUT2D eigenvalue weighted by Gasteiger charge is -2.03. The molecule has 0 unspecified atom stereocenters. The molecule has 2 aromatic rings. The number of cyclic esters (lactones) is 1. The first kappa shape index (κ1) is 16.3. The molecule has 124 valence electrons. The van der Waals surface area contributed by atoms with E-state index in [9.17, 15) is 4.79 Å². The zero-order valence-electron chi connectivity index (χ0n) is 13.5. The van der Waals surface area contributed by atoms with Crippen LogP contribution in [0.4, 0.5) is 0 Å². The molecule has 0 radical (unpaired) electrons. The van der Waals surface area contributed by atoms with Crippen molar-refractivity contribution in [1.29, 1.82) is 0 Å². The summed E-state index contributed by atoms with van der Waals surface area (Å²) in [4.78, 5) is 16.3. The summed E-state index contributed by atoms with van der Waals surface area (Å²) in [5, 5.41) is 4.65. The fourth-order valence-electron chi connectivity index (χ4n) is 2.34. The van der Waals surface area contributed by atoms with E-state index in [1.54, 1.807) is 42.1 Å². The van der Waals surface area contributed by atoms with Gasteiger partial charge in [-0.25, -0.2) is 9.79 Å². The van der Waals surface area contributed by atoms with Crippen LogP contribution in [-0.2, 0) is 16.6 Å². The number of aromatic nitrogens is 2. The van der Waals surface area contributed by atoms with Crippen molar-refractivity contribution < 1.29 is 14.3 Å². The molecular formula is C17H16ClN3O3. The second kappa shape index (κ2) is 6.49. The summed E-state index contributed by atoms with van der Waals surface area (Å²) in [5.74, 6) is 0.491. The highest BCUT2D eigenvalue weighted by Crippen LogP contribution is 2.25. The lowest BCUT2D eigenvalue weighted by atomic mass is 10.2. The molecule has 6 nitrogen and oxygen atoms in total. The number of aryl methyl sites for hydroxylation is 2. The number of aliphatic imine (C=N–C) groups is 1. The Morgan fingerprint density at radius 2 is 2.04 bits per heavy atom. The molecule has 0 spiro atoms. The second-order valence-corrected chi connectivity index (χ2v) is 5.56. The van der Waals surface area contributed by atoms with Crippen molar-refractivity contribution in [3.63, 3.8) is 0 Å². The predicted molar refractivity (Wildman–Crippen MR) is 91.2 cm³/mol. The van der Waals surface area contributed by atoms with E-state index in [-0.39, 0.29) is 11.6 Å². The number of rotatable bonds is 4.